The molecule has 0 fully saturated rings. The van der Waals surface area contributed by atoms with Crippen LogP contribution in [0.15, 0.2) is 51.7 Å². The van der Waals surface area contributed by atoms with Gasteiger partial charge in [0.05, 0.1) is 5.41 Å². The van der Waals surface area contributed by atoms with Crippen molar-refractivity contribution in [3.05, 3.63) is 52.7 Å². The summed E-state index contributed by atoms with van der Waals surface area (Å²) in [5, 5.41) is 8.25. The molecule has 1 N–H and O–H groups in total. The molecule has 5 nitrogen and oxygen atoms in total. The van der Waals surface area contributed by atoms with Gasteiger partial charge in [0.15, 0.2) is 16.8 Å². The molecule has 0 amide bonds. The highest BCUT2D eigenvalue weighted by Crippen LogP contribution is 2.22. The van der Waals surface area contributed by atoms with E-state index in [9.17, 15) is 9.59 Å². The molecule has 1 aliphatic carbocycles. The van der Waals surface area contributed by atoms with Gasteiger partial charge in [0.1, 0.15) is 11.2 Å². The first-order chi connectivity index (χ1) is 10.3. The van der Waals surface area contributed by atoms with E-state index in [1.807, 2.05) is 24.3 Å². The van der Waals surface area contributed by atoms with Gasteiger partial charge in [-0.2, -0.15) is 0 Å². The van der Waals surface area contributed by atoms with Gasteiger partial charge in [-0.1, -0.05) is 12.1 Å². The Labute approximate surface area is 127 Å². The van der Waals surface area contributed by atoms with Gasteiger partial charge in [-0.25, -0.2) is 4.98 Å². The summed E-state index contributed by atoms with van der Waals surface area (Å²) in [5.41, 5.74) is 1.54. The highest BCUT2D eigenvalue weighted by atomic mass is 16.4. The van der Waals surface area contributed by atoms with Crippen molar-refractivity contribution >= 4 is 17.1 Å². The van der Waals surface area contributed by atoms with Crippen molar-refractivity contribution < 1.29 is 14.3 Å². The average Bonchev–Trinajstić information content (AvgIpc) is 2.44. The van der Waals surface area contributed by atoms with Crippen LogP contribution >= 0.6 is 0 Å². The number of carboxylic acids is 1. The molecule has 0 spiro atoms. The van der Waals surface area contributed by atoms with E-state index in [-0.39, 0.29) is 5.43 Å². The molecule has 1 aromatic carbocycles. The Morgan fingerprint density at radius 1 is 1.14 bits per heavy atom. The number of benzene rings is 2. The quantitative estimate of drug-likeness (QED) is 0.643. The molecule has 2 aliphatic rings. The Morgan fingerprint density at radius 2 is 1.77 bits per heavy atom. The average molecular weight is 299 g/mol. The van der Waals surface area contributed by atoms with Gasteiger partial charge in [-0.3, -0.25) is 9.59 Å². The van der Waals surface area contributed by atoms with Gasteiger partial charge in [0.2, 0.25) is 0 Å². The molecule has 0 aromatic heterocycles. The standard InChI is InChI=1S/C12H7NO2.C5H10O2/c14-8-5-6-10-12(7-8)15-11-4-2-1-3-9(11)13-10;1-5(2,3)4(6)7/h1-7H;1-3H3,(H,6,7). The van der Waals surface area contributed by atoms with Crippen LogP contribution in [0.5, 0.6) is 0 Å². The summed E-state index contributed by atoms with van der Waals surface area (Å²) in [4.78, 5) is 25.5. The van der Waals surface area contributed by atoms with Gasteiger partial charge in [0.25, 0.3) is 0 Å². The minimum absolute atomic E-state index is 0.0664. The molecule has 114 valence electrons. The maximum absolute atomic E-state index is 11.1. The van der Waals surface area contributed by atoms with Crippen LogP contribution in [-0.4, -0.2) is 16.1 Å². The van der Waals surface area contributed by atoms with E-state index >= 15 is 0 Å². The number of aromatic nitrogens is 1. The summed E-state index contributed by atoms with van der Waals surface area (Å²) in [6, 6.07) is 12.1. The first-order valence-electron chi connectivity index (χ1n) is 6.80. The largest absolute Gasteiger partial charge is 0.481 e. The number of hydrogen-bond acceptors (Lipinski definition) is 4. The van der Waals surface area contributed by atoms with Crippen LogP contribution in [0.3, 0.4) is 0 Å². The van der Waals surface area contributed by atoms with Crippen LogP contribution in [0.25, 0.3) is 22.6 Å². The predicted octanol–water partition coefficient (Wildman–Crippen LogP) is 3.41. The van der Waals surface area contributed by atoms with Crippen molar-refractivity contribution in [1.82, 2.24) is 4.98 Å². The topological polar surface area (TPSA) is 80.4 Å². The summed E-state index contributed by atoms with van der Waals surface area (Å²) >= 11 is 0. The van der Waals surface area contributed by atoms with E-state index in [0.717, 1.165) is 5.52 Å². The third-order valence-corrected chi connectivity index (χ3v) is 2.90. The first-order valence-corrected chi connectivity index (χ1v) is 6.80. The maximum atomic E-state index is 11.1. The molecular formula is C17H17NO4. The Morgan fingerprint density at radius 3 is 2.41 bits per heavy atom. The monoisotopic (exact) mass is 299 g/mol. The van der Waals surface area contributed by atoms with E-state index in [1.54, 1.807) is 26.8 Å². The van der Waals surface area contributed by atoms with Crippen molar-refractivity contribution in [2.24, 2.45) is 5.41 Å². The van der Waals surface area contributed by atoms with E-state index in [0.29, 0.717) is 17.0 Å². The van der Waals surface area contributed by atoms with E-state index < -0.39 is 11.4 Å². The van der Waals surface area contributed by atoms with Crippen molar-refractivity contribution in [2.45, 2.75) is 20.8 Å². The highest BCUT2D eigenvalue weighted by Gasteiger charge is 2.18. The van der Waals surface area contributed by atoms with Crippen molar-refractivity contribution in [3.63, 3.8) is 0 Å². The summed E-state index contributed by atoms with van der Waals surface area (Å²) in [7, 11) is 0. The maximum Gasteiger partial charge on any atom is 0.308 e. The molecule has 22 heavy (non-hydrogen) atoms. The van der Waals surface area contributed by atoms with Gasteiger partial charge in [0, 0.05) is 6.07 Å². The molecular weight excluding hydrogens is 282 g/mol. The lowest BCUT2D eigenvalue weighted by Crippen LogP contribution is -2.18. The second-order valence-corrected chi connectivity index (χ2v) is 5.87. The van der Waals surface area contributed by atoms with Crippen LogP contribution in [0.2, 0.25) is 0 Å². The predicted molar refractivity (Wildman–Crippen MR) is 84.0 cm³/mol. The van der Waals surface area contributed by atoms with Crippen LogP contribution in [0.1, 0.15) is 20.8 Å². The summed E-state index contributed by atoms with van der Waals surface area (Å²) in [6.45, 7) is 4.99. The zero-order valence-electron chi connectivity index (χ0n) is 12.7. The van der Waals surface area contributed by atoms with Crippen molar-refractivity contribution in [1.29, 1.82) is 0 Å². The Kier molecular flexibility index (Phi) is 4.26. The fraction of sp³-hybridized carbons (Fsp3) is 0.235. The molecule has 0 saturated heterocycles. The van der Waals surface area contributed by atoms with E-state index in [2.05, 4.69) is 4.98 Å². The first kappa shape index (κ1) is 15.7. The summed E-state index contributed by atoms with van der Waals surface area (Å²) < 4.78 is 5.56. The molecule has 1 aromatic rings. The van der Waals surface area contributed by atoms with E-state index in [4.69, 9.17) is 9.52 Å². The second-order valence-electron chi connectivity index (χ2n) is 5.87. The Balaban J connectivity index is 0.000000217. The number of hydrogen-bond donors (Lipinski definition) is 1. The van der Waals surface area contributed by atoms with Crippen molar-refractivity contribution in [3.8, 4) is 11.5 Å². The number of para-hydroxylation sites is 2. The normalized spacial score (nSPS) is 11.0. The fourth-order valence-corrected chi connectivity index (χ4v) is 1.55. The number of carbonyl (C=O) groups is 1. The number of nitrogens with zero attached hydrogens (tertiary/aromatic N) is 1. The zero-order valence-corrected chi connectivity index (χ0v) is 12.7. The Bertz CT molecular complexity index is 830. The van der Waals surface area contributed by atoms with Gasteiger partial charge in [-0.05, 0) is 45.0 Å². The van der Waals surface area contributed by atoms with Crippen LogP contribution in [-0.2, 0) is 4.79 Å². The molecule has 3 rings (SSSR count). The molecule has 0 bridgehead atoms. The van der Waals surface area contributed by atoms with Crippen LogP contribution < -0.4 is 5.43 Å². The molecule has 0 radical (unpaired) electrons. The number of carboxylic acid groups (broad SMARTS) is 1. The summed E-state index contributed by atoms with van der Waals surface area (Å²) in [6.07, 6.45) is 0. The lowest BCUT2D eigenvalue weighted by molar-refractivity contribution is -0.145. The smallest absolute Gasteiger partial charge is 0.308 e. The molecule has 0 atom stereocenters. The highest BCUT2D eigenvalue weighted by molar-refractivity contribution is 5.75. The minimum Gasteiger partial charge on any atom is -0.481 e. The molecule has 5 heteroatoms. The number of rotatable bonds is 0. The second kappa shape index (κ2) is 5.97. The minimum atomic E-state index is -0.757. The van der Waals surface area contributed by atoms with Gasteiger partial charge >= 0.3 is 5.97 Å². The molecule has 0 saturated carbocycles. The molecule has 1 heterocycles. The SMILES string of the molecule is CC(C)(C)C(=O)O.O=c1ccc2nc3ccccc3oc-2c1. The van der Waals surface area contributed by atoms with Crippen LogP contribution in [0.4, 0.5) is 0 Å². The van der Waals surface area contributed by atoms with Gasteiger partial charge in [-0.15, -0.1) is 0 Å². The third-order valence-electron chi connectivity index (χ3n) is 2.90. The van der Waals surface area contributed by atoms with E-state index in [1.165, 1.54) is 12.1 Å². The third kappa shape index (κ3) is 3.69. The Hall–Kier alpha value is -2.69. The number of aliphatic carboxylic acids is 1. The van der Waals surface area contributed by atoms with Gasteiger partial charge < -0.3 is 9.52 Å². The summed E-state index contributed by atoms with van der Waals surface area (Å²) in [5.74, 6) is -0.228. The lowest BCUT2D eigenvalue weighted by atomic mass is 9.98. The molecule has 0 unspecified atom stereocenters. The number of fused-ring (bicyclic) bond motifs is 2. The molecule has 1 aliphatic heterocycles. The van der Waals surface area contributed by atoms with Crippen LogP contribution in [0, 0.1) is 5.41 Å². The lowest BCUT2D eigenvalue weighted by Gasteiger charge is -2.08. The zero-order chi connectivity index (χ0) is 16.3. The fourth-order valence-electron chi connectivity index (χ4n) is 1.55. The van der Waals surface area contributed by atoms with Crippen molar-refractivity contribution in [2.75, 3.05) is 0 Å².